The van der Waals surface area contributed by atoms with Gasteiger partial charge in [-0.05, 0) is 37.6 Å². The van der Waals surface area contributed by atoms with Crippen LogP contribution in [0.15, 0.2) is 66.7 Å². The number of carbonyl (C=O) groups is 1. The first-order chi connectivity index (χ1) is 17.7. The third-order valence-corrected chi connectivity index (χ3v) is 6.29. The lowest BCUT2D eigenvalue weighted by Crippen LogP contribution is -2.38. The third kappa shape index (κ3) is 5.56. The highest BCUT2D eigenvalue weighted by atomic mass is 16.5. The number of ether oxygens (including phenoxy) is 2. The van der Waals surface area contributed by atoms with E-state index < -0.39 is 0 Å². The smallest absolute Gasteiger partial charge is 0.258 e. The van der Waals surface area contributed by atoms with Gasteiger partial charge in [-0.1, -0.05) is 48.5 Å². The number of para-hydroxylation sites is 1. The monoisotopic (exact) mass is 485 g/mol. The number of hydrogen-bond donors (Lipinski definition) is 1. The molecule has 1 amide bonds. The van der Waals surface area contributed by atoms with Crippen molar-refractivity contribution in [1.82, 2.24) is 25.0 Å². The predicted octanol–water partition coefficient (Wildman–Crippen LogP) is 3.61. The molecule has 2 aromatic carbocycles. The number of nitrogens with one attached hydrogen (secondary N) is 1. The minimum absolute atomic E-state index is 0.0828. The molecule has 1 fully saturated rings. The van der Waals surface area contributed by atoms with Gasteiger partial charge in [-0.2, -0.15) is 10.1 Å². The van der Waals surface area contributed by atoms with Gasteiger partial charge in [0.05, 0.1) is 24.3 Å². The Morgan fingerprint density at radius 1 is 1.06 bits per heavy atom. The van der Waals surface area contributed by atoms with Gasteiger partial charge in [0.2, 0.25) is 5.88 Å². The van der Waals surface area contributed by atoms with E-state index >= 15 is 0 Å². The van der Waals surface area contributed by atoms with Crippen LogP contribution in [0.4, 0.5) is 0 Å². The van der Waals surface area contributed by atoms with E-state index in [0.29, 0.717) is 18.1 Å². The fraction of sp³-hybridized carbons (Fsp3) is 0.321. The van der Waals surface area contributed by atoms with Crippen molar-refractivity contribution in [3.63, 3.8) is 0 Å². The van der Waals surface area contributed by atoms with Gasteiger partial charge in [-0.15, -0.1) is 0 Å². The second-order valence-corrected chi connectivity index (χ2v) is 8.88. The van der Waals surface area contributed by atoms with Crippen LogP contribution in [0.5, 0.6) is 5.88 Å². The van der Waals surface area contributed by atoms with E-state index in [1.807, 2.05) is 78.3 Å². The average Bonchev–Trinajstić information content (AvgIpc) is 3.32. The van der Waals surface area contributed by atoms with Gasteiger partial charge in [-0.3, -0.25) is 9.69 Å². The summed E-state index contributed by atoms with van der Waals surface area (Å²) in [5.41, 5.74) is 4.48. The fourth-order valence-corrected chi connectivity index (χ4v) is 4.44. The van der Waals surface area contributed by atoms with Crippen LogP contribution < -0.4 is 10.1 Å². The SMILES string of the molecule is Cc1cc(OCC(=O)NCCCN2CCOCC2)nc2c1c(-c1ccccc1)nn2-c1ccccc1. The molecule has 1 N–H and O–H groups in total. The van der Waals surface area contributed by atoms with Crippen LogP contribution in [0.3, 0.4) is 0 Å². The molecule has 4 aromatic rings. The maximum Gasteiger partial charge on any atom is 0.258 e. The molecule has 36 heavy (non-hydrogen) atoms. The highest BCUT2D eigenvalue weighted by Gasteiger charge is 2.19. The Morgan fingerprint density at radius 3 is 2.53 bits per heavy atom. The Hall–Kier alpha value is -3.75. The number of morpholine rings is 1. The van der Waals surface area contributed by atoms with Crippen LogP contribution >= 0.6 is 0 Å². The van der Waals surface area contributed by atoms with Gasteiger partial charge in [0.1, 0.15) is 5.69 Å². The fourth-order valence-electron chi connectivity index (χ4n) is 4.44. The molecule has 0 bridgehead atoms. The first-order valence-corrected chi connectivity index (χ1v) is 12.4. The van der Waals surface area contributed by atoms with Crippen molar-refractivity contribution >= 4 is 16.9 Å². The highest BCUT2D eigenvalue weighted by molar-refractivity contribution is 5.95. The topological polar surface area (TPSA) is 81.5 Å². The van der Waals surface area contributed by atoms with E-state index in [9.17, 15) is 4.79 Å². The predicted molar refractivity (Wildman–Crippen MR) is 139 cm³/mol. The normalized spacial score (nSPS) is 14.1. The lowest BCUT2D eigenvalue weighted by atomic mass is 10.1. The average molecular weight is 486 g/mol. The maximum atomic E-state index is 12.4. The van der Waals surface area contributed by atoms with Crippen LogP contribution in [-0.4, -0.2) is 71.6 Å². The number of fused-ring (bicyclic) bond motifs is 1. The molecule has 8 heteroatoms. The van der Waals surface area contributed by atoms with Crippen molar-refractivity contribution in [2.45, 2.75) is 13.3 Å². The summed E-state index contributed by atoms with van der Waals surface area (Å²) < 4.78 is 13.0. The number of benzene rings is 2. The van der Waals surface area contributed by atoms with Gasteiger partial charge in [0.15, 0.2) is 12.3 Å². The lowest BCUT2D eigenvalue weighted by Gasteiger charge is -2.26. The quantitative estimate of drug-likeness (QED) is 0.365. The maximum absolute atomic E-state index is 12.4. The van der Waals surface area contributed by atoms with Gasteiger partial charge in [0, 0.05) is 31.3 Å². The number of amides is 1. The van der Waals surface area contributed by atoms with Crippen LogP contribution in [0.1, 0.15) is 12.0 Å². The third-order valence-electron chi connectivity index (χ3n) is 6.29. The molecular weight excluding hydrogens is 454 g/mol. The Labute approximate surface area is 210 Å². The number of carbonyl (C=O) groups excluding carboxylic acids is 1. The summed E-state index contributed by atoms with van der Waals surface area (Å²) in [7, 11) is 0. The van der Waals surface area contributed by atoms with Crippen LogP contribution in [0.25, 0.3) is 28.0 Å². The molecule has 1 aliphatic rings. The zero-order chi connectivity index (χ0) is 24.7. The Balaban J connectivity index is 1.30. The van der Waals surface area contributed by atoms with Crippen molar-refractivity contribution in [2.75, 3.05) is 46.0 Å². The summed E-state index contributed by atoms with van der Waals surface area (Å²) in [6.07, 6.45) is 0.896. The molecule has 0 unspecified atom stereocenters. The van der Waals surface area contributed by atoms with E-state index in [-0.39, 0.29) is 12.5 Å². The van der Waals surface area contributed by atoms with Crippen molar-refractivity contribution in [2.24, 2.45) is 0 Å². The molecule has 5 rings (SSSR count). The van der Waals surface area contributed by atoms with Gasteiger partial charge < -0.3 is 14.8 Å². The van der Waals surface area contributed by atoms with Crippen molar-refractivity contribution < 1.29 is 14.3 Å². The zero-order valence-corrected chi connectivity index (χ0v) is 20.5. The standard InChI is InChI=1S/C28H31N5O3/c1-21-19-25(36-20-24(34)29-13-8-14-32-15-17-35-18-16-32)30-28-26(21)27(22-9-4-2-5-10-22)31-33(28)23-11-6-3-7-12-23/h2-7,9-12,19H,8,13-18,20H2,1H3,(H,29,34). The van der Waals surface area contributed by atoms with Gasteiger partial charge in [0.25, 0.3) is 5.91 Å². The van der Waals surface area contributed by atoms with Crippen LogP contribution in [0.2, 0.25) is 0 Å². The first-order valence-electron chi connectivity index (χ1n) is 12.4. The van der Waals surface area contributed by atoms with Gasteiger partial charge >= 0.3 is 0 Å². The van der Waals surface area contributed by atoms with E-state index in [0.717, 1.165) is 67.2 Å². The zero-order valence-electron chi connectivity index (χ0n) is 20.5. The summed E-state index contributed by atoms with van der Waals surface area (Å²) >= 11 is 0. The Bertz CT molecular complexity index is 1300. The number of rotatable bonds is 9. The molecule has 3 heterocycles. The number of aryl methyl sites for hydroxylation is 1. The molecule has 0 spiro atoms. The van der Waals surface area contributed by atoms with Crippen LogP contribution in [-0.2, 0) is 9.53 Å². The Morgan fingerprint density at radius 2 is 1.78 bits per heavy atom. The summed E-state index contributed by atoms with van der Waals surface area (Å²) in [6.45, 7) is 6.99. The second kappa shape index (κ2) is 11.3. The van der Waals surface area contributed by atoms with Crippen molar-refractivity contribution in [3.05, 3.63) is 72.3 Å². The Kier molecular flexibility index (Phi) is 7.54. The number of pyridine rings is 1. The number of nitrogens with zero attached hydrogens (tertiary/aromatic N) is 4. The molecule has 0 aliphatic carbocycles. The molecule has 186 valence electrons. The lowest BCUT2D eigenvalue weighted by molar-refractivity contribution is -0.123. The summed E-state index contributed by atoms with van der Waals surface area (Å²) in [5.74, 6) is 0.248. The first kappa shape index (κ1) is 24.0. The summed E-state index contributed by atoms with van der Waals surface area (Å²) in [4.78, 5) is 19.5. The van der Waals surface area contributed by atoms with Crippen molar-refractivity contribution in [3.8, 4) is 22.8 Å². The van der Waals surface area contributed by atoms with Gasteiger partial charge in [-0.25, -0.2) is 4.68 Å². The number of hydrogen-bond acceptors (Lipinski definition) is 6. The van der Waals surface area contributed by atoms with Crippen LogP contribution in [0, 0.1) is 6.92 Å². The molecule has 0 radical (unpaired) electrons. The highest BCUT2D eigenvalue weighted by Crippen LogP contribution is 2.33. The van der Waals surface area contributed by atoms with Crippen molar-refractivity contribution in [1.29, 1.82) is 0 Å². The minimum Gasteiger partial charge on any atom is -0.468 e. The number of aromatic nitrogens is 3. The molecule has 1 aliphatic heterocycles. The van der Waals surface area contributed by atoms with E-state index in [2.05, 4.69) is 10.2 Å². The van der Waals surface area contributed by atoms with E-state index in [1.54, 1.807) is 0 Å². The van der Waals surface area contributed by atoms with E-state index in [1.165, 1.54) is 0 Å². The second-order valence-electron chi connectivity index (χ2n) is 8.88. The minimum atomic E-state index is -0.155. The molecular formula is C28H31N5O3. The molecule has 2 aromatic heterocycles. The summed E-state index contributed by atoms with van der Waals surface area (Å²) in [5, 5.41) is 8.83. The van der Waals surface area contributed by atoms with E-state index in [4.69, 9.17) is 19.6 Å². The molecule has 8 nitrogen and oxygen atoms in total. The molecule has 0 atom stereocenters. The molecule has 1 saturated heterocycles. The summed E-state index contributed by atoms with van der Waals surface area (Å²) in [6, 6.07) is 21.9. The molecule has 0 saturated carbocycles. The largest absolute Gasteiger partial charge is 0.468 e.